The van der Waals surface area contributed by atoms with Crippen LogP contribution in [0.3, 0.4) is 0 Å². The highest BCUT2D eigenvalue weighted by Gasteiger charge is 2.19. The van der Waals surface area contributed by atoms with E-state index in [4.69, 9.17) is 0 Å². The molecule has 0 unspecified atom stereocenters. The van der Waals surface area contributed by atoms with Gasteiger partial charge in [0.15, 0.2) is 5.78 Å². The number of carbonyl (C=O) groups is 2. The van der Waals surface area contributed by atoms with Gasteiger partial charge in [-0.2, -0.15) is 0 Å². The first-order valence-electron chi connectivity index (χ1n) is 8.05. The summed E-state index contributed by atoms with van der Waals surface area (Å²) in [6.07, 6.45) is 1.34. The Hall–Kier alpha value is -2.66. The molecule has 2 amide bonds. The number of anilines is 1. The van der Waals surface area contributed by atoms with E-state index >= 15 is 0 Å². The van der Waals surface area contributed by atoms with Crippen LogP contribution < -0.4 is 5.32 Å². The number of nitrogens with zero attached hydrogens (tertiary/aromatic N) is 1. The lowest BCUT2D eigenvalue weighted by atomic mass is 10.0. The van der Waals surface area contributed by atoms with Crippen molar-refractivity contribution in [3.05, 3.63) is 65.7 Å². The quantitative estimate of drug-likeness (QED) is 0.471. The number of nitrogens with one attached hydrogen (secondary N) is 1. The van der Waals surface area contributed by atoms with E-state index in [-0.39, 0.29) is 11.8 Å². The molecule has 2 N–H and O–H groups in total. The van der Waals surface area contributed by atoms with Crippen molar-refractivity contribution in [1.82, 2.24) is 5.06 Å². The highest BCUT2D eigenvalue weighted by Crippen LogP contribution is 2.15. The second-order valence-corrected chi connectivity index (χ2v) is 5.52. The van der Waals surface area contributed by atoms with Crippen LogP contribution in [-0.4, -0.2) is 28.1 Å². The number of hydroxylamine groups is 2. The van der Waals surface area contributed by atoms with Gasteiger partial charge in [-0.1, -0.05) is 44.2 Å². The Bertz CT molecular complexity index is 680. The fourth-order valence-corrected chi connectivity index (χ4v) is 2.44. The molecular weight excluding hydrogens is 304 g/mol. The SMILES string of the molecule is CCC(CC)N(O)C(=O)Nc1ccc(C(=O)c2ccccc2)cc1. The van der Waals surface area contributed by atoms with Crippen LogP contribution in [0.5, 0.6) is 0 Å². The molecule has 2 rings (SSSR count). The predicted molar refractivity (Wildman–Crippen MR) is 93.3 cm³/mol. The Morgan fingerprint density at radius 1 is 0.958 bits per heavy atom. The smallest absolute Gasteiger partial charge is 0.306 e. The molecule has 0 saturated carbocycles. The normalized spacial score (nSPS) is 10.5. The second-order valence-electron chi connectivity index (χ2n) is 5.52. The Morgan fingerprint density at radius 2 is 1.50 bits per heavy atom. The highest BCUT2D eigenvalue weighted by atomic mass is 16.5. The lowest BCUT2D eigenvalue weighted by Crippen LogP contribution is -2.39. The van der Waals surface area contributed by atoms with Crippen LogP contribution in [-0.2, 0) is 0 Å². The zero-order valence-electron chi connectivity index (χ0n) is 13.9. The number of amides is 2. The maximum absolute atomic E-state index is 12.3. The Labute approximate surface area is 141 Å². The fraction of sp³-hybridized carbons (Fsp3) is 0.263. The third-order valence-electron chi connectivity index (χ3n) is 3.93. The fourth-order valence-electron chi connectivity index (χ4n) is 2.44. The van der Waals surface area contributed by atoms with Gasteiger partial charge >= 0.3 is 6.03 Å². The molecule has 24 heavy (non-hydrogen) atoms. The molecule has 0 radical (unpaired) electrons. The largest absolute Gasteiger partial charge is 0.345 e. The zero-order valence-corrected chi connectivity index (χ0v) is 13.9. The molecule has 0 aliphatic carbocycles. The number of rotatable bonds is 6. The molecule has 0 bridgehead atoms. The van der Waals surface area contributed by atoms with Gasteiger partial charge < -0.3 is 5.32 Å². The Morgan fingerprint density at radius 3 is 2.04 bits per heavy atom. The van der Waals surface area contributed by atoms with Gasteiger partial charge in [-0.15, -0.1) is 0 Å². The number of benzene rings is 2. The van der Waals surface area contributed by atoms with E-state index in [1.54, 1.807) is 36.4 Å². The third-order valence-corrected chi connectivity index (χ3v) is 3.93. The first-order chi connectivity index (χ1) is 11.6. The first kappa shape index (κ1) is 17.7. The van der Waals surface area contributed by atoms with E-state index in [9.17, 15) is 14.8 Å². The van der Waals surface area contributed by atoms with E-state index in [2.05, 4.69) is 5.32 Å². The average Bonchev–Trinajstić information content (AvgIpc) is 2.63. The summed E-state index contributed by atoms with van der Waals surface area (Å²) < 4.78 is 0. The van der Waals surface area contributed by atoms with Gasteiger partial charge in [-0.05, 0) is 37.1 Å². The van der Waals surface area contributed by atoms with Crippen molar-refractivity contribution in [2.75, 3.05) is 5.32 Å². The zero-order chi connectivity index (χ0) is 17.5. The van der Waals surface area contributed by atoms with Gasteiger partial charge in [-0.25, -0.2) is 9.86 Å². The minimum absolute atomic E-state index is 0.0747. The number of hydrogen-bond donors (Lipinski definition) is 2. The standard InChI is InChI=1S/C19H22N2O3/c1-3-17(4-2)21(24)19(23)20-16-12-10-15(11-13-16)18(22)14-8-6-5-7-9-14/h5-13,17,24H,3-4H2,1-2H3,(H,20,23). The van der Waals surface area contributed by atoms with Crippen molar-refractivity contribution in [3.8, 4) is 0 Å². The van der Waals surface area contributed by atoms with Crippen LogP contribution in [0.2, 0.25) is 0 Å². The van der Waals surface area contributed by atoms with Crippen LogP contribution in [0.25, 0.3) is 0 Å². The summed E-state index contributed by atoms with van der Waals surface area (Å²) in [6, 6.07) is 14.8. The number of urea groups is 1. The van der Waals surface area contributed by atoms with E-state index < -0.39 is 6.03 Å². The molecule has 0 saturated heterocycles. The van der Waals surface area contributed by atoms with Crippen LogP contribution in [0.4, 0.5) is 10.5 Å². The van der Waals surface area contributed by atoms with Gasteiger partial charge in [-0.3, -0.25) is 10.0 Å². The third kappa shape index (κ3) is 4.20. The minimum atomic E-state index is -0.578. The monoisotopic (exact) mass is 326 g/mol. The van der Waals surface area contributed by atoms with Crippen molar-refractivity contribution in [2.24, 2.45) is 0 Å². The van der Waals surface area contributed by atoms with E-state index in [0.29, 0.717) is 29.7 Å². The molecule has 0 heterocycles. The molecule has 0 aliphatic rings. The van der Waals surface area contributed by atoms with Crippen LogP contribution in [0, 0.1) is 0 Å². The number of carbonyl (C=O) groups excluding carboxylic acids is 2. The molecule has 0 fully saturated rings. The summed E-state index contributed by atoms with van der Waals surface area (Å²) >= 11 is 0. The van der Waals surface area contributed by atoms with Gasteiger partial charge in [0, 0.05) is 16.8 Å². The molecule has 0 aromatic heterocycles. The summed E-state index contributed by atoms with van der Waals surface area (Å²) in [5.41, 5.74) is 1.68. The van der Waals surface area contributed by atoms with Gasteiger partial charge in [0.25, 0.3) is 0 Å². The van der Waals surface area contributed by atoms with Gasteiger partial charge in [0.1, 0.15) is 0 Å². The molecular formula is C19H22N2O3. The van der Waals surface area contributed by atoms with Crippen LogP contribution in [0.1, 0.15) is 42.6 Å². The van der Waals surface area contributed by atoms with Crippen LogP contribution in [0.15, 0.2) is 54.6 Å². The number of hydrogen-bond acceptors (Lipinski definition) is 3. The van der Waals surface area contributed by atoms with Crippen molar-refractivity contribution < 1.29 is 14.8 Å². The molecule has 0 spiro atoms. The molecule has 126 valence electrons. The Balaban J connectivity index is 2.04. The van der Waals surface area contributed by atoms with E-state index in [1.165, 1.54) is 0 Å². The molecule has 2 aromatic carbocycles. The van der Waals surface area contributed by atoms with Gasteiger partial charge in [0.05, 0.1) is 6.04 Å². The minimum Gasteiger partial charge on any atom is -0.306 e. The summed E-state index contributed by atoms with van der Waals surface area (Å²) in [5.74, 6) is -0.0747. The van der Waals surface area contributed by atoms with Crippen molar-refractivity contribution in [1.29, 1.82) is 0 Å². The summed E-state index contributed by atoms with van der Waals surface area (Å²) in [4.78, 5) is 24.3. The molecule has 0 aliphatic heterocycles. The predicted octanol–water partition coefficient (Wildman–Crippen LogP) is 4.33. The lowest BCUT2D eigenvalue weighted by Gasteiger charge is -2.23. The van der Waals surface area contributed by atoms with Gasteiger partial charge in [0.2, 0.25) is 0 Å². The summed E-state index contributed by atoms with van der Waals surface area (Å²) in [6.45, 7) is 3.82. The lowest BCUT2D eigenvalue weighted by molar-refractivity contribution is -0.0747. The topological polar surface area (TPSA) is 69.6 Å². The molecule has 0 atom stereocenters. The van der Waals surface area contributed by atoms with E-state index in [1.807, 2.05) is 32.0 Å². The summed E-state index contributed by atoms with van der Waals surface area (Å²) in [7, 11) is 0. The van der Waals surface area contributed by atoms with Crippen molar-refractivity contribution >= 4 is 17.5 Å². The van der Waals surface area contributed by atoms with Crippen LogP contribution >= 0.6 is 0 Å². The first-order valence-corrected chi connectivity index (χ1v) is 8.05. The number of ketones is 1. The maximum atomic E-state index is 12.3. The molecule has 5 nitrogen and oxygen atoms in total. The molecule has 5 heteroatoms. The van der Waals surface area contributed by atoms with Crippen molar-refractivity contribution in [3.63, 3.8) is 0 Å². The molecule has 2 aromatic rings. The second kappa shape index (κ2) is 8.26. The highest BCUT2D eigenvalue weighted by molar-refractivity contribution is 6.09. The summed E-state index contributed by atoms with van der Waals surface area (Å²) in [5, 5.41) is 13.2. The Kier molecular flexibility index (Phi) is 6.09. The van der Waals surface area contributed by atoms with Crippen molar-refractivity contribution in [2.45, 2.75) is 32.7 Å². The average molecular weight is 326 g/mol. The maximum Gasteiger partial charge on any atom is 0.345 e. The van der Waals surface area contributed by atoms with E-state index in [0.717, 1.165) is 5.06 Å².